The van der Waals surface area contributed by atoms with Crippen molar-refractivity contribution in [2.24, 2.45) is 0 Å². The van der Waals surface area contributed by atoms with Gasteiger partial charge in [-0.3, -0.25) is 5.43 Å². The summed E-state index contributed by atoms with van der Waals surface area (Å²) in [5.41, 5.74) is 1.62. The second-order valence-electron chi connectivity index (χ2n) is 1.63. The monoisotopic (exact) mass is 214 g/mol. The molecule has 0 heterocycles. The van der Waals surface area contributed by atoms with Crippen molar-refractivity contribution in [3.05, 3.63) is 0 Å². The SMILES string of the molecule is CNNP(C(F)(F)F)C(F)(F)F. The molecule has 2 N–H and O–H groups in total. The summed E-state index contributed by atoms with van der Waals surface area (Å²) in [5, 5.41) is 1.13. The smallest absolute Gasteiger partial charge is 0.257 e. The highest BCUT2D eigenvalue weighted by Gasteiger charge is 2.57. The van der Waals surface area contributed by atoms with E-state index in [1.807, 2.05) is 0 Å². The fourth-order valence-electron chi connectivity index (χ4n) is 0.382. The van der Waals surface area contributed by atoms with Crippen LogP contribution in [0.25, 0.3) is 0 Å². The first-order valence-electron chi connectivity index (χ1n) is 2.55. The maximum Gasteiger partial charge on any atom is 0.428 e. The van der Waals surface area contributed by atoms with Gasteiger partial charge in [-0.15, -0.1) is 0 Å². The number of hydrogen-bond donors (Lipinski definition) is 2. The molecule has 0 unspecified atom stereocenters. The second-order valence-corrected chi connectivity index (χ2v) is 3.54. The third-order valence-electron chi connectivity index (χ3n) is 0.731. The van der Waals surface area contributed by atoms with Gasteiger partial charge in [0.05, 0.1) is 0 Å². The van der Waals surface area contributed by atoms with Gasteiger partial charge >= 0.3 is 11.8 Å². The topological polar surface area (TPSA) is 24.1 Å². The Morgan fingerprint density at radius 1 is 0.917 bits per heavy atom. The fourth-order valence-corrected chi connectivity index (χ4v) is 1.15. The van der Waals surface area contributed by atoms with E-state index in [1.165, 1.54) is 0 Å². The van der Waals surface area contributed by atoms with Crippen molar-refractivity contribution in [2.75, 3.05) is 7.05 Å². The quantitative estimate of drug-likeness (QED) is 0.418. The zero-order valence-corrected chi connectivity index (χ0v) is 6.61. The van der Waals surface area contributed by atoms with E-state index in [9.17, 15) is 26.3 Å². The van der Waals surface area contributed by atoms with Crippen LogP contribution in [0.3, 0.4) is 0 Å². The highest BCUT2D eigenvalue weighted by Crippen LogP contribution is 2.60. The Kier molecular flexibility index (Phi) is 3.74. The van der Waals surface area contributed by atoms with Crippen LogP contribution in [-0.4, -0.2) is 18.9 Å². The van der Waals surface area contributed by atoms with Crippen molar-refractivity contribution in [3.63, 3.8) is 0 Å². The van der Waals surface area contributed by atoms with E-state index in [4.69, 9.17) is 0 Å². The molecular formula is C3H5F6N2P. The fraction of sp³-hybridized carbons (Fsp3) is 1.00. The Morgan fingerprint density at radius 3 is 1.33 bits per heavy atom. The van der Waals surface area contributed by atoms with Gasteiger partial charge in [-0.25, -0.2) is 5.20 Å². The molecule has 0 fully saturated rings. The molecule has 0 radical (unpaired) electrons. The lowest BCUT2D eigenvalue weighted by molar-refractivity contribution is -0.0857. The summed E-state index contributed by atoms with van der Waals surface area (Å²) >= 11 is 0. The molecule has 0 atom stereocenters. The summed E-state index contributed by atoms with van der Waals surface area (Å²) in [6.45, 7) is 0. The molecule has 9 heteroatoms. The van der Waals surface area contributed by atoms with Gasteiger partial charge in [0.15, 0.2) is 0 Å². The molecule has 12 heavy (non-hydrogen) atoms. The van der Waals surface area contributed by atoms with Crippen molar-refractivity contribution in [1.82, 2.24) is 10.6 Å². The molecule has 0 aromatic rings. The molecule has 0 aliphatic rings. The third kappa shape index (κ3) is 3.55. The number of rotatable bonds is 2. The van der Waals surface area contributed by atoms with Gasteiger partial charge in [0.2, 0.25) is 8.07 Å². The first kappa shape index (κ1) is 11.9. The second kappa shape index (κ2) is 3.76. The van der Waals surface area contributed by atoms with Crippen molar-refractivity contribution in [3.8, 4) is 0 Å². The van der Waals surface area contributed by atoms with Crippen LogP contribution >= 0.6 is 8.07 Å². The summed E-state index contributed by atoms with van der Waals surface area (Å²) in [5.74, 6) is -10.6. The summed E-state index contributed by atoms with van der Waals surface area (Å²) in [4.78, 5) is 0. The molecule has 0 rings (SSSR count). The summed E-state index contributed by atoms with van der Waals surface area (Å²) in [7, 11) is -3.27. The minimum Gasteiger partial charge on any atom is -0.257 e. The van der Waals surface area contributed by atoms with Gasteiger partial charge < -0.3 is 0 Å². The number of hydrazine groups is 1. The summed E-state index contributed by atoms with van der Waals surface area (Å²) in [6.07, 6.45) is 0. The summed E-state index contributed by atoms with van der Waals surface area (Å²) < 4.78 is 69.7. The van der Waals surface area contributed by atoms with Gasteiger partial charge in [0.1, 0.15) is 0 Å². The maximum absolute atomic E-state index is 11.6. The Hall–Kier alpha value is -0.0700. The Morgan fingerprint density at radius 2 is 1.25 bits per heavy atom. The van der Waals surface area contributed by atoms with Crippen molar-refractivity contribution in [1.29, 1.82) is 0 Å². The van der Waals surface area contributed by atoms with Crippen LogP contribution in [0.2, 0.25) is 0 Å². The minimum absolute atomic E-state index is 0.937. The number of halogens is 6. The number of nitrogens with one attached hydrogen (secondary N) is 2. The standard InChI is InChI=1S/C3H5F6N2P/c1-10-11-12(2(4,5)6)3(7,8)9/h10-11H,1H3. The van der Waals surface area contributed by atoms with Crippen LogP contribution in [0, 0.1) is 0 Å². The van der Waals surface area contributed by atoms with E-state index < -0.39 is 19.9 Å². The third-order valence-corrected chi connectivity index (χ3v) is 2.19. The van der Waals surface area contributed by atoms with Gasteiger partial charge in [-0.05, 0) is 7.05 Å². The molecule has 0 spiro atoms. The van der Waals surface area contributed by atoms with Crippen LogP contribution in [0.5, 0.6) is 0 Å². The first-order chi connectivity index (χ1) is 5.19. The van der Waals surface area contributed by atoms with E-state index in [0.717, 1.165) is 12.2 Å². The van der Waals surface area contributed by atoms with Gasteiger partial charge in [0.25, 0.3) is 0 Å². The average molecular weight is 214 g/mol. The molecule has 0 saturated heterocycles. The highest BCUT2D eigenvalue weighted by atomic mass is 31.1. The zero-order chi connectivity index (χ0) is 9.99. The Labute approximate surface area is 65.1 Å². The lowest BCUT2D eigenvalue weighted by Gasteiger charge is -2.22. The van der Waals surface area contributed by atoms with Gasteiger partial charge in [-0.2, -0.15) is 26.3 Å². The average Bonchev–Trinajstić information content (AvgIpc) is 1.77. The molecule has 0 bridgehead atoms. The van der Waals surface area contributed by atoms with Gasteiger partial charge in [-0.1, -0.05) is 0 Å². The van der Waals surface area contributed by atoms with Crippen LogP contribution in [0.1, 0.15) is 0 Å². The van der Waals surface area contributed by atoms with Crippen molar-refractivity contribution in [2.45, 2.75) is 11.8 Å². The van der Waals surface area contributed by atoms with Crippen molar-refractivity contribution >= 4 is 8.07 Å². The molecule has 0 amide bonds. The van der Waals surface area contributed by atoms with Crippen molar-refractivity contribution < 1.29 is 26.3 Å². The van der Waals surface area contributed by atoms with Gasteiger partial charge in [0, 0.05) is 0 Å². The van der Waals surface area contributed by atoms with E-state index in [2.05, 4.69) is 0 Å². The van der Waals surface area contributed by atoms with E-state index in [0.29, 0.717) is 0 Å². The van der Waals surface area contributed by atoms with Crippen LogP contribution in [-0.2, 0) is 0 Å². The van der Waals surface area contributed by atoms with Crippen LogP contribution in [0.4, 0.5) is 26.3 Å². The maximum atomic E-state index is 11.6. The molecular weight excluding hydrogens is 209 g/mol. The lowest BCUT2D eigenvalue weighted by Crippen LogP contribution is -2.34. The van der Waals surface area contributed by atoms with Crippen LogP contribution < -0.4 is 10.6 Å². The molecule has 2 nitrogen and oxygen atoms in total. The van der Waals surface area contributed by atoms with E-state index in [-0.39, 0.29) is 0 Å². The normalized spacial score (nSPS) is 14.0. The largest absolute Gasteiger partial charge is 0.428 e. The predicted octanol–water partition coefficient (Wildman–Crippen LogP) is 2.15. The van der Waals surface area contributed by atoms with Crippen LogP contribution in [0.15, 0.2) is 0 Å². The molecule has 0 aromatic carbocycles. The number of hydrogen-bond acceptors (Lipinski definition) is 2. The van der Waals surface area contributed by atoms with E-state index >= 15 is 0 Å². The number of alkyl halides is 6. The molecule has 0 aliphatic carbocycles. The highest BCUT2D eigenvalue weighted by molar-refractivity contribution is 7.57. The molecule has 74 valence electrons. The predicted molar refractivity (Wildman–Crippen MR) is 31.2 cm³/mol. The zero-order valence-electron chi connectivity index (χ0n) is 5.72. The lowest BCUT2D eigenvalue weighted by atomic mass is 11.5. The molecule has 0 aliphatic heterocycles. The Bertz CT molecular complexity index is 127. The van der Waals surface area contributed by atoms with E-state index in [1.54, 1.807) is 5.43 Å². The Balaban J connectivity index is 4.45. The minimum atomic E-state index is -5.28. The summed E-state index contributed by atoms with van der Waals surface area (Å²) in [6, 6.07) is 0. The molecule has 0 aromatic heterocycles. The molecule has 0 saturated carbocycles. The first-order valence-corrected chi connectivity index (χ1v) is 3.90.